The van der Waals surface area contributed by atoms with E-state index in [1.54, 1.807) is 7.11 Å². The molecule has 1 aromatic rings. The topological polar surface area (TPSA) is 63.0 Å². The number of benzene rings is 1. The molecule has 0 radical (unpaired) electrons. The third-order valence-corrected chi connectivity index (χ3v) is 3.43. The van der Waals surface area contributed by atoms with Crippen LogP contribution in [0, 0.1) is 5.92 Å². The molecule has 3 rings (SSSR count). The second-order valence-corrected chi connectivity index (χ2v) is 4.62. The van der Waals surface area contributed by atoms with E-state index in [0.717, 1.165) is 30.0 Å². The number of carbonyl (C=O) groups excluding carboxylic acids is 1. The summed E-state index contributed by atoms with van der Waals surface area (Å²) in [6, 6.07) is 7.42. The van der Waals surface area contributed by atoms with Crippen LogP contribution in [0.3, 0.4) is 0 Å². The molecule has 2 heterocycles. The Morgan fingerprint density at radius 1 is 1.26 bits per heavy atom. The summed E-state index contributed by atoms with van der Waals surface area (Å²) in [5.41, 5.74) is 1.74. The normalized spacial score (nSPS) is 22.4. The van der Waals surface area contributed by atoms with Crippen LogP contribution in [-0.4, -0.2) is 37.7 Å². The monoisotopic (exact) mass is 257 g/mol. The van der Waals surface area contributed by atoms with Gasteiger partial charge in [-0.05, 0) is 37.2 Å². The van der Waals surface area contributed by atoms with Crippen molar-refractivity contribution in [2.24, 2.45) is 15.9 Å². The summed E-state index contributed by atoms with van der Waals surface area (Å²) in [5.74, 6) is 1.08. The van der Waals surface area contributed by atoms with E-state index in [2.05, 4.69) is 15.3 Å². The molecule has 0 aliphatic carbocycles. The van der Waals surface area contributed by atoms with Gasteiger partial charge in [-0.2, -0.15) is 4.99 Å². The molecule has 0 saturated carbocycles. The van der Waals surface area contributed by atoms with Crippen LogP contribution in [0.4, 0.5) is 0 Å². The molecule has 1 N–H and O–H groups in total. The van der Waals surface area contributed by atoms with Gasteiger partial charge in [0.25, 0.3) is 5.91 Å². The van der Waals surface area contributed by atoms with E-state index < -0.39 is 0 Å². The van der Waals surface area contributed by atoms with Gasteiger partial charge in [0, 0.05) is 17.8 Å². The number of aliphatic imine (C=N–C) groups is 2. The molecule has 1 saturated heterocycles. The Balaban J connectivity index is 1.92. The van der Waals surface area contributed by atoms with E-state index in [0.29, 0.717) is 12.4 Å². The summed E-state index contributed by atoms with van der Waals surface area (Å²) < 4.78 is 5.11. The SMILES string of the molecule is COc1ccc(C2=NC(=O)C3CCNCC3=N2)cc1. The molecule has 1 amide bonds. The van der Waals surface area contributed by atoms with Crippen LogP contribution in [0.5, 0.6) is 5.75 Å². The molecule has 1 aromatic carbocycles. The molecule has 0 spiro atoms. The van der Waals surface area contributed by atoms with Crippen molar-refractivity contribution in [2.75, 3.05) is 20.2 Å². The highest BCUT2D eigenvalue weighted by Gasteiger charge is 2.30. The zero-order valence-corrected chi connectivity index (χ0v) is 10.7. The minimum Gasteiger partial charge on any atom is -0.497 e. The highest BCUT2D eigenvalue weighted by atomic mass is 16.5. The molecular formula is C14H15N3O2. The highest BCUT2D eigenvalue weighted by Crippen LogP contribution is 2.20. The first kappa shape index (κ1) is 12.0. The molecular weight excluding hydrogens is 242 g/mol. The Morgan fingerprint density at radius 2 is 2.05 bits per heavy atom. The maximum absolute atomic E-state index is 12.0. The number of fused-ring (bicyclic) bond motifs is 1. The second kappa shape index (κ2) is 4.93. The van der Waals surface area contributed by atoms with Crippen molar-refractivity contribution in [3.05, 3.63) is 29.8 Å². The predicted molar refractivity (Wildman–Crippen MR) is 72.9 cm³/mol. The summed E-state index contributed by atoms with van der Waals surface area (Å²) in [7, 11) is 1.62. The number of amides is 1. The van der Waals surface area contributed by atoms with Gasteiger partial charge in [-0.25, -0.2) is 4.99 Å². The number of hydrogen-bond donors (Lipinski definition) is 1. The van der Waals surface area contributed by atoms with Crippen LogP contribution in [0.25, 0.3) is 0 Å². The molecule has 1 fully saturated rings. The van der Waals surface area contributed by atoms with E-state index in [1.807, 2.05) is 24.3 Å². The molecule has 5 heteroatoms. The summed E-state index contributed by atoms with van der Waals surface area (Å²) >= 11 is 0. The summed E-state index contributed by atoms with van der Waals surface area (Å²) in [5, 5.41) is 3.24. The van der Waals surface area contributed by atoms with Gasteiger partial charge in [0.1, 0.15) is 5.75 Å². The fourth-order valence-electron chi connectivity index (χ4n) is 2.35. The fraction of sp³-hybridized carbons (Fsp3) is 0.357. The van der Waals surface area contributed by atoms with Crippen molar-refractivity contribution >= 4 is 17.5 Å². The van der Waals surface area contributed by atoms with Gasteiger partial charge in [0.2, 0.25) is 0 Å². The van der Waals surface area contributed by atoms with Crippen molar-refractivity contribution in [1.29, 1.82) is 0 Å². The Morgan fingerprint density at radius 3 is 2.79 bits per heavy atom. The van der Waals surface area contributed by atoms with Gasteiger partial charge in [0.15, 0.2) is 5.84 Å². The minimum atomic E-state index is -0.122. The lowest BCUT2D eigenvalue weighted by Crippen LogP contribution is -2.42. The average Bonchev–Trinajstić information content (AvgIpc) is 2.47. The molecule has 98 valence electrons. The van der Waals surface area contributed by atoms with E-state index in [9.17, 15) is 4.79 Å². The van der Waals surface area contributed by atoms with Crippen molar-refractivity contribution in [3.8, 4) is 5.75 Å². The maximum atomic E-state index is 12.0. The number of nitrogens with zero attached hydrogens (tertiary/aromatic N) is 2. The van der Waals surface area contributed by atoms with Gasteiger partial charge in [0.05, 0.1) is 13.0 Å². The first-order valence-electron chi connectivity index (χ1n) is 6.33. The Kier molecular flexibility index (Phi) is 3.13. The molecule has 2 aliphatic rings. The van der Waals surface area contributed by atoms with Crippen LogP contribution in [0.1, 0.15) is 12.0 Å². The molecule has 0 bridgehead atoms. The number of carbonyl (C=O) groups is 1. The molecule has 2 aliphatic heterocycles. The number of nitrogens with one attached hydrogen (secondary N) is 1. The zero-order valence-electron chi connectivity index (χ0n) is 10.7. The molecule has 1 atom stereocenters. The smallest absolute Gasteiger partial charge is 0.256 e. The number of piperidine rings is 1. The third-order valence-electron chi connectivity index (χ3n) is 3.43. The first-order valence-corrected chi connectivity index (χ1v) is 6.33. The lowest BCUT2D eigenvalue weighted by molar-refractivity contribution is -0.120. The second-order valence-electron chi connectivity index (χ2n) is 4.62. The largest absolute Gasteiger partial charge is 0.497 e. The van der Waals surface area contributed by atoms with E-state index >= 15 is 0 Å². The van der Waals surface area contributed by atoms with E-state index in [4.69, 9.17) is 4.74 Å². The Labute approximate surface area is 111 Å². The average molecular weight is 257 g/mol. The molecule has 19 heavy (non-hydrogen) atoms. The Bertz CT molecular complexity index is 561. The van der Waals surface area contributed by atoms with Crippen LogP contribution in [0.15, 0.2) is 34.3 Å². The quantitative estimate of drug-likeness (QED) is 0.860. The maximum Gasteiger partial charge on any atom is 0.256 e. The first-order chi connectivity index (χ1) is 9.28. The van der Waals surface area contributed by atoms with Crippen LogP contribution < -0.4 is 10.1 Å². The van der Waals surface area contributed by atoms with Gasteiger partial charge in [-0.3, -0.25) is 4.79 Å². The van der Waals surface area contributed by atoms with Crippen LogP contribution in [0.2, 0.25) is 0 Å². The summed E-state index contributed by atoms with van der Waals surface area (Å²) in [6.07, 6.45) is 0.789. The van der Waals surface area contributed by atoms with Crippen molar-refractivity contribution in [2.45, 2.75) is 6.42 Å². The Hall–Kier alpha value is -2.01. The van der Waals surface area contributed by atoms with Gasteiger partial charge in [-0.15, -0.1) is 0 Å². The standard InChI is InChI=1S/C14H15N3O2/c1-19-10-4-2-9(3-5-10)13-16-12-8-15-7-6-11(12)14(18)17-13/h2-5,11,15H,6-8H2,1H3. The van der Waals surface area contributed by atoms with Crippen LogP contribution >= 0.6 is 0 Å². The van der Waals surface area contributed by atoms with Gasteiger partial charge >= 0.3 is 0 Å². The highest BCUT2D eigenvalue weighted by molar-refractivity contribution is 6.21. The van der Waals surface area contributed by atoms with Crippen molar-refractivity contribution in [1.82, 2.24) is 5.32 Å². The van der Waals surface area contributed by atoms with E-state index in [1.165, 1.54) is 0 Å². The lowest BCUT2D eigenvalue weighted by atomic mass is 9.93. The van der Waals surface area contributed by atoms with Gasteiger partial charge in [-0.1, -0.05) is 0 Å². The number of rotatable bonds is 2. The summed E-state index contributed by atoms with van der Waals surface area (Å²) in [6.45, 7) is 1.52. The number of methoxy groups -OCH3 is 1. The molecule has 0 aromatic heterocycles. The minimum absolute atomic E-state index is 0.0719. The number of amidine groups is 1. The lowest BCUT2D eigenvalue weighted by Gasteiger charge is -2.25. The van der Waals surface area contributed by atoms with Crippen molar-refractivity contribution in [3.63, 3.8) is 0 Å². The third kappa shape index (κ3) is 2.29. The zero-order chi connectivity index (χ0) is 13.2. The fourth-order valence-corrected chi connectivity index (χ4v) is 2.35. The number of hydrogen-bond acceptors (Lipinski definition) is 4. The van der Waals surface area contributed by atoms with Crippen molar-refractivity contribution < 1.29 is 9.53 Å². The molecule has 5 nitrogen and oxygen atoms in total. The van der Waals surface area contributed by atoms with E-state index in [-0.39, 0.29) is 11.8 Å². The van der Waals surface area contributed by atoms with Crippen LogP contribution in [-0.2, 0) is 4.79 Å². The summed E-state index contributed by atoms with van der Waals surface area (Å²) in [4.78, 5) is 20.7. The predicted octanol–water partition coefficient (Wildman–Crippen LogP) is 1.03. The molecule has 1 unspecified atom stereocenters. The van der Waals surface area contributed by atoms with Gasteiger partial charge < -0.3 is 10.1 Å². The number of ether oxygens (including phenoxy) is 1.